The lowest BCUT2D eigenvalue weighted by Gasteiger charge is -2.19. The van der Waals surface area contributed by atoms with Crippen molar-refractivity contribution in [3.05, 3.63) is 64.2 Å². The number of hydrogen-bond acceptors (Lipinski definition) is 5. The van der Waals surface area contributed by atoms with Crippen LogP contribution in [0.2, 0.25) is 0 Å². The zero-order chi connectivity index (χ0) is 18.6. The molecule has 0 radical (unpaired) electrons. The van der Waals surface area contributed by atoms with Gasteiger partial charge in [0.15, 0.2) is 0 Å². The molecule has 0 unspecified atom stereocenters. The largest absolute Gasteiger partial charge is 0.325 e. The second-order valence-electron chi connectivity index (χ2n) is 6.36. The number of hydrogen-bond donors (Lipinski definition) is 1. The molecule has 25 heavy (non-hydrogen) atoms. The number of anilines is 1. The monoisotopic (exact) mass is 358 g/mol. The smallest absolute Gasteiger partial charge is 0.281 e. The minimum atomic E-state index is -0.583. The van der Waals surface area contributed by atoms with Gasteiger partial charge >= 0.3 is 0 Å². The third kappa shape index (κ3) is 4.67. The Hall–Kier alpha value is -2.67. The van der Waals surface area contributed by atoms with Gasteiger partial charge in [-0.2, -0.15) is 0 Å². The van der Waals surface area contributed by atoms with Gasteiger partial charge in [-0.15, -0.1) is 0 Å². The maximum absolute atomic E-state index is 12.5. The van der Waals surface area contributed by atoms with Crippen molar-refractivity contribution in [2.45, 2.75) is 25.7 Å². The van der Waals surface area contributed by atoms with Crippen LogP contribution >= 0.6 is 11.8 Å². The molecule has 0 spiro atoms. The average Bonchev–Trinajstić information content (AvgIpc) is 2.55. The van der Waals surface area contributed by atoms with E-state index in [2.05, 4.69) is 5.32 Å². The normalized spacial score (nSPS) is 11.0. The lowest BCUT2D eigenvalue weighted by atomic mass is 9.95. The number of nitro groups is 1. The van der Waals surface area contributed by atoms with Crippen LogP contribution in [0.4, 0.5) is 11.4 Å². The Kier molecular flexibility index (Phi) is 5.58. The van der Waals surface area contributed by atoms with Crippen molar-refractivity contribution in [3.63, 3.8) is 0 Å². The predicted molar refractivity (Wildman–Crippen MR) is 97.8 cm³/mol. The number of amides is 1. The molecule has 2 rings (SSSR count). The highest BCUT2D eigenvalue weighted by atomic mass is 32.2. The SMILES string of the molecule is CC(C)(C)C(=O)Nc1ccccc1SC(=O)c1ccccc1[N+](=O)[O-]. The molecule has 6 nitrogen and oxygen atoms in total. The maximum Gasteiger partial charge on any atom is 0.281 e. The van der Waals surface area contributed by atoms with Crippen LogP contribution in [0.5, 0.6) is 0 Å². The molecular weight excluding hydrogens is 340 g/mol. The van der Waals surface area contributed by atoms with E-state index < -0.39 is 15.5 Å². The summed E-state index contributed by atoms with van der Waals surface area (Å²) in [7, 11) is 0. The molecule has 0 aliphatic rings. The number of nitrogens with zero attached hydrogens (tertiary/aromatic N) is 1. The van der Waals surface area contributed by atoms with Crippen LogP contribution in [0.1, 0.15) is 31.1 Å². The second-order valence-corrected chi connectivity index (χ2v) is 7.38. The van der Waals surface area contributed by atoms with Crippen LogP contribution in [-0.4, -0.2) is 15.9 Å². The topological polar surface area (TPSA) is 89.3 Å². The second kappa shape index (κ2) is 7.48. The van der Waals surface area contributed by atoms with Gasteiger partial charge in [-0.3, -0.25) is 19.7 Å². The van der Waals surface area contributed by atoms with E-state index in [1.807, 2.05) is 0 Å². The summed E-state index contributed by atoms with van der Waals surface area (Å²) in [5.41, 5.74) is -0.301. The number of carbonyl (C=O) groups is 2. The zero-order valence-corrected chi connectivity index (χ0v) is 14.9. The van der Waals surface area contributed by atoms with Gasteiger partial charge in [-0.1, -0.05) is 45.0 Å². The van der Waals surface area contributed by atoms with Gasteiger partial charge in [0.05, 0.1) is 10.6 Å². The summed E-state index contributed by atoms with van der Waals surface area (Å²) < 4.78 is 0. The van der Waals surface area contributed by atoms with Crippen molar-refractivity contribution < 1.29 is 14.5 Å². The molecule has 2 aromatic carbocycles. The van der Waals surface area contributed by atoms with E-state index in [-0.39, 0.29) is 17.2 Å². The Balaban J connectivity index is 2.28. The van der Waals surface area contributed by atoms with E-state index in [1.165, 1.54) is 18.2 Å². The third-order valence-electron chi connectivity index (χ3n) is 3.34. The first-order valence-corrected chi connectivity index (χ1v) is 8.38. The summed E-state index contributed by atoms with van der Waals surface area (Å²) in [6.07, 6.45) is 0. The van der Waals surface area contributed by atoms with Gasteiger partial charge in [-0.25, -0.2) is 0 Å². The minimum Gasteiger partial charge on any atom is -0.325 e. The fourth-order valence-electron chi connectivity index (χ4n) is 1.93. The van der Waals surface area contributed by atoms with Crippen LogP contribution in [0, 0.1) is 15.5 Å². The van der Waals surface area contributed by atoms with Gasteiger partial charge < -0.3 is 5.32 Å². The van der Waals surface area contributed by atoms with E-state index in [1.54, 1.807) is 51.1 Å². The van der Waals surface area contributed by atoms with Crippen molar-refractivity contribution in [1.29, 1.82) is 0 Å². The van der Waals surface area contributed by atoms with Crippen LogP contribution in [-0.2, 0) is 4.79 Å². The highest BCUT2D eigenvalue weighted by Crippen LogP contribution is 2.33. The van der Waals surface area contributed by atoms with E-state index in [4.69, 9.17) is 0 Å². The van der Waals surface area contributed by atoms with Gasteiger partial charge in [-0.05, 0) is 30.0 Å². The minimum absolute atomic E-state index is 0.0226. The Labute approximate surface area is 149 Å². The summed E-state index contributed by atoms with van der Waals surface area (Å²) in [4.78, 5) is 35.7. The Morgan fingerprint density at radius 2 is 1.64 bits per heavy atom. The molecule has 0 heterocycles. The molecule has 0 atom stereocenters. The predicted octanol–water partition coefficient (Wildman–Crippen LogP) is 4.51. The Morgan fingerprint density at radius 3 is 2.28 bits per heavy atom. The molecule has 130 valence electrons. The van der Waals surface area contributed by atoms with Crippen LogP contribution in [0.25, 0.3) is 0 Å². The zero-order valence-electron chi connectivity index (χ0n) is 14.1. The molecule has 7 heteroatoms. The van der Waals surface area contributed by atoms with E-state index in [0.29, 0.717) is 10.6 Å². The molecule has 0 aliphatic heterocycles. The van der Waals surface area contributed by atoms with Gasteiger partial charge in [0, 0.05) is 16.4 Å². The molecule has 0 saturated carbocycles. The number of carbonyl (C=O) groups excluding carboxylic acids is 2. The standard InChI is InChI=1S/C18H18N2O4S/c1-18(2,3)17(22)19-13-9-5-7-11-15(13)25-16(21)12-8-4-6-10-14(12)20(23)24/h4-11H,1-3H3,(H,19,22). The van der Waals surface area contributed by atoms with Crippen molar-refractivity contribution >= 4 is 34.2 Å². The molecule has 0 fully saturated rings. The van der Waals surface area contributed by atoms with Crippen molar-refractivity contribution in [2.24, 2.45) is 5.41 Å². The number of nitrogens with one attached hydrogen (secondary N) is 1. The van der Waals surface area contributed by atoms with Crippen molar-refractivity contribution in [3.8, 4) is 0 Å². The summed E-state index contributed by atoms with van der Waals surface area (Å²) in [6.45, 7) is 5.36. The lowest BCUT2D eigenvalue weighted by Crippen LogP contribution is -2.27. The molecule has 2 aromatic rings. The molecule has 0 saturated heterocycles. The van der Waals surface area contributed by atoms with E-state index in [9.17, 15) is 19.7 Å². The van der Waals surface area contributed by atoms with Gasteiger partial charge in [0.2, 0.25) is 11.0 Å². The highest BCUT2D eigenvalue weighted by Gasteiger charge is 2.24. The first kappa shape index (κ1) is 18.7. The number of para-hydroxylation sites is 2. The summed E-state index contributed by atoms with van der Waals surface area (Å²) in [5, 5.41) is 13.4. The number of rotatable bonds is 4. The number of benzene rings is 2. The molecular formula is C18H18N2O4S. The molecule has 1 N–H and O–H groups in total. The van der Waals surface area contributed by atoms with Crippen molar-refractivity contribution in [2.75, 3.05) is 5.32 Å². The highest BCUT2D eigenvalue weighted by molar-refractivity contribution is 8.14. The molecule has 0 aromatic heterocycles. The van der Waals surface area contributed by atoms with Crippen molar-refractivity contribution in [1.82, 2.24) is 0 Å². The lowest BCUT2D eigenvalue weighted by molar-refractivity contribution is -0.385. The summed E-state index contributed by atoms with van der Waals surface area (Å²) >= 11 is 0.849. The van der Waals surface area contributed by atoms with Crippen LogP contribution in [0.15, 0.2) is 53.4 Å². The maximum atomic E-state index is 12.5. The first-order chi connectivity index (χ1) is 11.7. The fraction of sp³-hybridized carbons (Fsp3) is 0.222. The van der Waals surface area contributed by atoms with Crippen LogP contribution < -0.4 is 5.32 Å². The van der Waals surface area contributed by atoms with E-state index in [0.717, 1.165) is 11.8 Å². The summed E-state index contributed by atoms with van der Waals surface area (Å²) in [5.74, 6) is -0.182. The van der Waals surface area contributed by atoms with Gasteiger partial charge in [0.25, 0.3) is 5.69 Å². The average molecular weight is 358 g/mol. The quantitative estimate of drug-likeness (QED) is 0.493. The number of nitro benzene ring substituents is 1. The molecule has 1 amide bonds. The third-order valence-corrected chi connectivity index (χ3v) is 4.32. The fourth-order valence-corrected chi connectivity index (χ4v) is 2.79. The number of thioether (sulfide) groups is 1. The van der Waals surface area contributed by atoms with Crippen LogP contribution in [0.3, 0.4) is 0 Å². The summed E-state index contributed by atoms with van der Waals surface area (Å²) in [6, 6.07) is 12.7. The van der Waals surface area contributed by atoms with E-state index >= 15 is 0 Å². The molecule has 0 bridgehead atoms. The first-order valence-electron chi connectivity index (χ1n) is 7.56. The molecule has 0 aliphatic carbocycles. The van der Waals surface area contributed by atoms with Gasteiger partial charge in [0.1, 0.15) is 5.56 Å². The Morgan fingerprint density at radius 1 is 1.04 bits per heavy atom. The Bertz CT molecular complexity index is 828.